The van der Waals surface area contributed by atoms with Crippen molar-refractivity contribution in [1.29, 1.82) is 0 Å². The van der Waals surface area contributed by atoms with Gasteiger partial charge in [0.05, 0.1) is 30.7 Å². The second-order valence-corrected chi connectivity index (χ2v) is 7.61. The van der Waals surface area contributed by atoms with Gasteiger partial charge >= 0.3 is 11.9 Å². The number of ether oxygens (including phenoxy) is 4. The topological polar surface area (TPSA) is 108 Å². The normalized spacial score (nSPS) is 28.8. The fourth-order valence-electron chi connectivity index (χ4n) is 4.29. The maximum atomic E-state index is 13.5. The molecular weight excluding hydrogens is 418 g/mol. The lowest BCUT2D eigenvalue weighted by Crippen LogP contribution is -2.52. The Kier molecular flexibility index (Phi) is 4.82. The molecule has 0 N–H and O–H groups in total. The van der Waals surface area contributed by atoms with Gasteiger partial charge < -0.3 is 18.9 Å². The van der Waals surface area contributed by atoms with E-state index >= 15 is 0 Å². The van der Waals surface area contributed by atoms with Crippen LogP contribution >= 0.6 is 11.6 Å². The summed E-state index contributed by atoms with van der Waals surface area (Å²) in [6, 6.07) is 4.57. The minimum Gasteiger partial charge on any atom is -0.495 e. The van der Waals surface area contributed by atoms with Crippen LogP contribution in [0.2, 0.25) is 5.02 Å². The number of rotatable bonds is 5. The summed E-state index contributed by atoms with van der Waals surface area (Å²) in [7, 11) is 1.41. The van der Waals surface area contributed by atoms with Crippen LogP contribution in [0.4, 0.5) is 5.69 Å². The number of anilines is 1. The molecule has 0 saturated carbocycles. The van der Waals surface area contributed by atoms with E-state index in [0.717, 1.165) is 18.7 Å². The molecular formula is C20H18ClNO8. The maximum Gasteiger partial charge on any atom is 0.305 e. The fraction of sp³-hybridized carbons (Fsp3) is 0.400. The van der Waals surface area contributed by atoms with E-state index < -0.39 is 53.6 Å². The number of nitrogens with zero attached hydrogens (tertiary/aromatic N) is 1. The van der Waals surface area contributed by atoms with Crippen molar-refractivity contribution in [3.05, 3.63) is 35.4 Å². The molecule has 3 aliphatic rings. The van der Waals surface area contributed by atoms with Crippen molar-refractivity contribution in [2.75, 3.05) is 12.0 Å². The SMILES string of the molecule is COc1ccc(Cl)cc1N1C(=O)[C@@H]2[C@H]3C=C[C@@](C(OC(C)=O)OC(C)=O)(O3)[C@H]2C1=O. The molecule has 2 fully saturated rings. The van der Waals surface area contributed by atoms with Crippen LogP contribution in [0.15, 0.2) is 30.4 Å². The summed E-state index contributed by atoms with van der Waals surface area (Å²) in [6.07, 6.45) is 0.849. The van der Waals surface area contributed by atoms with Crippen LogP contribution in [0, 0.1) is 11.8 Å². The largest absolute Gasteiger partial charge is 0.495 e. The molecule has 0 radical (unpaired) electrons. The van der Waals surface area contributed by atoms with Crippen molar-refractivity contribution in [2.45, 2.75) is 31.8 Å². The molecule has 0 aromatic heterocycles. The monoisotopic (exact) mass is 435 g/mol. The molecule has 0 aliphatic carbocycles. The number of esters is 2. The Balaban J connectivity index is 1.78. The van der Waals surface area contributed by atoms with Gasteiger partial charge in [0.15, 0.2) is 5.60 Å². The summed E-state index contributed by atoms with van der Waals surface area (Å²) < 4.78 is 21.5. The van der Waals surface area contributed by atoms with Crippen LogP contribution in [-0.4, -0.2) is 48.9 Å². The second kappa shape index (κ2) is 7.10. The summed E-state index contributed by atoms with van der Waals surface area (Å²) in [5.74, 6) is -4.22. The van der Waals surface area contributed by atoms with E-state index in [0.29, 0.717) is 5.02 Å². The number of hydrogen-bond acceptors (Lipinski definition) is 8. The van der Waals surface area contributed by atoms with E-state index in [1.807, 2.05) is 0 Å². The molecule has 3 heterocycles. The minimum absolute atomic E-state index is 0.195. The molecule has 10 heteroatoms. The fourth-order valence-corrected chi connectivity index (χ4v) is 4.46. The quantitative estimate of drug-likeness (QED) is 0.297. The molecule has 9 nitrogen and oxygen atoms in total. The maximum absolute atomic E-state index is 13.5. The third-order valence-electron chi connectivity index (χ3n) is 5.37. The molecule has 2 saturated heterocycles. The zero-order valence-electron chi connectivity index (χ0n) is 16.3. The van der Waals surface area contributed by atoms with E-state index in [4.69, 9.17) is 30.5 Å². The first-order valence-corrected chi connectivity index (χ1v) is 9.50. The Labute approximate surface area is 176 Å². The lowest BCUT2D eigenvalue weighted by molar-refractivity contribution is -0.226. The molecule has 0 spiro atoms. The zero-order chi connectivity index (χ0) is 21.8. The van der Waals surface area contributed by atoms with Crippen molar-refractivity contribution in [3.63, 3.8) is 0 Å². The number of imide groups is 1. The van der Waals surface area contributed by atoms with Gasteiger partial charge in [-0.05, 0) is 24.3 Å². The number of halogens is 1. The van der Waals surface area contributed by atoms with Gasteiger partial charge in [0.25, 0.3) is 6.29 Å². The summed E-state index contributed by atoms with van der Waals surface area (Å²) in [6.45, 7) is 2.28. The number of methoxy groups -OCH3 is 1. The molecule has 3 aliphatic heterocycles. The van der Waals surface area contributed by atoms with Crippen LogP contribution < -0.4 is 9.64 Å². The highest BCUT2D eigenvalue weighted by atomic mass is 35.5. The van der Waals surface area contributed by atoms with E-state index in [-0.39, 0.29) is 11.4 Å². The third-order valence-corrected chi connectivity index (χ3v) is 5.61. The first kappa shape index (κ1) is 20.4. The Hall–Kier alpha value is -2.91. The van der Waals surface area contributed by atoms with Gasteiger partial charge in [-0.25, -0.2) is 4.90 Å². The number of hydrogen-bond donors (Lipinski definition) is 0. The average molecular weight is 436 g/mol. The van der Waals surface area contributed by atoms with Crippen molar-refractivity contribution in [3.8, 4) is 5.75 Å². The first-order chi connectivity index (χ1) is 14.2. The van der Waals surface area contributed by atoms with Gasteiger partial charge in [0.2, 0.25) is 11.8 Å². The molecule has 0 unspecified atom stereocenters. The smallest absolute Gasteiger partial charge is 0.305 e. The Morgan fingerprint density at radius 3 is 2.43 bits per heavy atom. The summed E-state index contributed by atoms with van der Waals surface area (Å²) in [5, 5.41) is 0.313. The van der Waals surface area contributed by atoms with E-state index in [1.54, 1.807) is 18.2 Å². The molecule has 158 valence electrons. The Bertz CT molecular complexity index is 975. The highest BCUT2D eigenvalue weighted by Gasteiger charge is 2.72. The number of benzene rings is 1. The van der Waals surface area contributed by atoms with Crippen molar-refractivity contribution < 1.29 is 38.1 Å². The predicted octanol–water partition coefficient (Wildman–Crippen LogP) is 1.61. The molecule has 2 bridgehead atoms. The van der Waals surface area contributed by atoms with E-state index in [9.17, 15) is 19.2 Å². The van der Waals surface area contributed by atoms with Gasteiger partial charge in [-0.15, -0.1) is 0 Å². The number of carbonyl (C=O) groups is 4. The molecule has 4 rings (SSSR count). The number of carbonyl (C=O) groups excluding carboxylic acids is 4. The zero-order valence-corrected chi connectivity index (χ0v) is 17.0. The summed E-state index contributed by atoms with van der Waals surface area (Å²) >= 11 is 6.07. The van der Waals surface area contributed by atoms with Crippen LogP contribution in [0.1, 0.15) is 13.8 Å². The molecule has 30 heavy (non-hydrogen) atoms. The average Bonchev–Trinajstić information content (AvgIpc) is 3.31. The Morgan fingerprint density at radius 2 is 1.83 bits per heavy atom. The van der Waals surface area contributed by atoms with Gasteiger partial charge in [-0.3, -0.25) is 19.2 Å². The first-order valence-electron chi connectivity index (χ1n) is 9.12. The van der Waals surface area contributed by atoms with Gasteiger partial charge in [-0.1, -0.05) is 17.7 Å². The van der Waals surface area contributed by atoms with Gasteiger partial charge in [0.1, 0.15) is 5.75 Å². The highest BCUT2D eigenvalue weighted by molar-refractivity contribution is 6.31. The predicted molar refractivity (Wildman–Crippen MR) is 102 cm³/mol. The van der Waals surface area contributed by atoms with E-state index in [2.05, 4.69) is 0 Å². The van der Waals surface area contributed by atoms with Crippen LogP contribution in [-0.2, 0) is 33.4 Å². The molecule has 1 aromatic rings. The van der Waals surface area contributed by atoms with Crippen molar-refractivity contribution in [2.24, 2.45) is 11.8 Å². The lowest BCUT2D eigenvalue weighted by Gasteiger charge is -2.34. The molecule has 2 amide bonds. The van der Waals surface area contributed by atoms with Gasteiger partial charge in [-0.2, -0.15) is 0 Å². The van der Waals surface area contributed by atoms with Crippen LogP contribution in [0.5, 0.6) is 5.75 Å². The highest BCUT2D eigenvalue weighted by Crippen LogP contribution is 2.55. The minimum atomic E-state index is -1.61. The summed E-state index contributed by atoms with van der Waals surface area (Å²) in [5.41, 5.74) is -1.42. The lowest BCUT2D eigenvalue weighted by atomic mass is 9.76. The number of amides is 2. The van der Waals surface area contributed by atoms with E-state index in [1.165, 1.54) is 19.3 Å². The molecule has 1 aromatic carbocycles. The van der Waals surface area contributed by atoms with Gasteiger partial charge in [0, 0.05) is 18.9 Å². The molecule has 4 atom stereocenters. The van der Waals surface area contributed by atoms with Crippen molar-refractivity contribution >= 4 is 41.0 Å². The standard InChI is InChI=1S/C20H18ClNO8/c1-9(23)28-19(29-10(2)24)20-7-6-14(30-20)15-16(20)18(26)22(17(15)25)12-8-11(21)4-5-13(12)27-3/h4-8,14-16,19H,1-3H3/t14-,15-,16-,20-/m1/s1. The number of fused-ring (bicyclic) bond motifs is 5. The Morgan fingerprint density at radius 1 is 1.17 bits per heavy atom. The van der Waals surface area contributed by atoms with Crippen LogP contribution in [0.3, 0.4) is 0 Å². The van der Waals surface area contributed by atoms with Crippen molar-refractivity contribution in [1.82, 2.24) is 0 Å². The second-order valence-electron chi connectivity index (χ2n) is 7.18. The third kappa shape index (κ3) is 2.88. The van der Waals surface area contributed by atoms with Crippen LogP contribution in [0.25, 0.3) is 0 Å². The summed E-state index contributed by atoms with van der Waals surface area (Å²) in [4.78, 5) is 51.0.